The molecule has 1 aliphatic heterocycles. The molecule has 1 aliphatic carbocycles. The molecule has 34 heavy (non-hydrogen) atoms. The number of ether oxygens (including phenoxy) is 1. The molecule has 2 N–H and O–H groups in total. The maximum absolute atomic E-state index is 11.3. The van der Waals surface area contributed by atoms with Gasteiger partial charge in [-0.3, -0.25) is 9.59 Å². The normalized spacial score (nSPS) is 16.6. The standard InChI is InChI=1S/C27H28N4O3/c1-26(2,19-5-3-18(4-6-19)24(28)33)20-7-9-23(10-8-20)34-15-21-11-12-29-25(30-21)31-16-27(17-31)13-22(32)14-27/h3-12H,13-17H2,1-2H3,(H2,28,33). The average Bonchev–Trinajstić information content (AvgIpc) is 2.79. The van der Waals surface area contributed by atoms with E-state index in [1.807, 2.05) is 30.3 Å². The highest BCUT2D eigenvalue weighted by Crippen LogP contribution is 2.46. The number of carbonyl (C=O) groups is 2. The van der Waals surface area contributed by atoms with Gasteiger partial charge < -0.3 is 15.4 Å². The fraction of sp³-hybridized carbons (Fsp3) is 0.333. The van der Waals surface area contributed by atoms with Crippen LogP contribution in [0.4, 0.5) is 5.95 Å². The molecule has 7 heteroatoms. The first-order valence-corrected chi connectivity index (χ1v) is 11.5. The second-order valence-electron chi connectivity index (χ2n) is 9.98. The van der Waals surface area contributed by atoms with Crippen molar-refractivity contribution >= 4 is 17.6 Å². The maximum atomic E-state index is 11.3. The van der Waals surface area contributed by atoms with Crippen molar-refractivity contribution in [3.05, 3.63) is 83.2 Å². The summed E-state index contributed by atoms with van der Waals surface area (Å²) < 4.78 is 5.98. The Hall–Kier alpha value is -3.74. The van der Waals surface area contributed by atoms with Crippen LogP contribution in [0.3, 0.4) is 0 Å². The molecule has 0 bridgehead atoms. The van der Waals surface area contributed by atoms with Crippen LogP contribution in [0.25, 0.3) is 0 Å². The Morgan fingerprint density at radius 3 is 2.24 bits per heavy atom. The number of aromatic nitrogens is 2. The highest BCUT2D eigenvalue weighted by Gasteiger charge is 2.52. The van der Waals surface area contributed by atoms with Gasteiger partial charge in [0.25, 0.3) is 0 Å². The summed E-state index contributed by atoms with van der Waals surface area (Å²) in [5.74, 6) is 1.40. The number of nitrogens with two attached hydrogens (primary N) is 1. The lowest BCUT2D eigenvalue weighted by Crippen LogP contribution is -2.63. The van der Waals surface area contributed by atoms with E-state index in [0.717, 1.165) is 35.7 Å². The molecule has 5 rings (SSSR count). The monoisotopic (exact) mass is 456 g/mol. The van der Waals surface area contributed by atoms with Gasteiger partial charge in [-0.2, -0.15) is 0 Å². The number of amides is 1. The molecule has 1 aromatic heterocycles. The van der Waals surface area contributed by atoms with Crippen molar-refractivity contribution in [2.24, 2.45) is 11.1 Å². The van der Waals surface area contributed by atoms with Crippen LogP contribution in [0.2, 0.25) is 0 Å². The van der Waals surface area contributed by atoms with Crippen LogP contribution < -0.4 is 15.4 Å². The van der Waals surface area contributed by atoms with Crippen molar-refractivity contribution in [1.82, 2.24) is 9.97 Å². The topological polar surface area (TPSA) is 98.4 Å². The van der Waals surface area contributed by atoms with Crippen molar-refractivity contribution in [2.45, 2.75) is 38.7 Å². The van der Waals surface area contributed by atoms with Gasteiger partial charge in [0.15, 0.2) is 0 Å². The van der Waals surface area contributed by atoms with Crippen LogP contribution in [-0.2, 0) is 16.8 Å². The maximum Gasteiger partial charge on any atom is 0.248 e. The molecular weight excluding hydrogens is 428 g/mol. The second kappa shape index (κ2) is 8.24. The Balaban J connectivity index is 1.20. The van der Waals surface area contributed by atoms with Crippen molar-refractivity contribution in [1.29, 1.82) is 0 Å². The lowest BCUT2D eigenvalue weighted by atomic mass is 9.63. The fourth-order valence-corrected chi connectivity index (χ4v) is 4.87. The van der Waals surface area contributed by atoms with Crippen molar-refractivity contribution in [3.63, 3.8) is 0 Å². The van der Waals surface area contributed by atoms with E-state index in [2.05, 4.69) is 40.8 Å². The van der Waals surface area contributed by atoms with E-state index in [1.165, 1.54) is 0 Å². The zero-order valence-electron chi connectivity index (χ0n) is 19.5. The van der Waals surface area contributed by atoms with Gasteiger partial charge in [-0.15, -0.1) is 0 Å². The first-order chi connectivity index (χ1) is 16.2. The largest absolute Gasteiger partial charge is 0.487 e. The third-order valence-corrected chi connectivity index (χ3v) is 7.03. The van der Waals surface area contributed by atoms with Gasteiger partial charge in [0, 0.05) is 48.5 Å². The first-order valence-electron chi connectivity index (χ1n) is 11.5. The molecule has 1 spiro atoms. The summed E-state index contributed by atoms with van der Waals surface area (Å²) in [7, 11) is 0. The minimum Gasteiger partial charge on any atom is -0.487 e. The number of benzene rings is 2. The Labute approximate surface area is 199 Å². The summed E-state index contributed by atoms with van der Waals surface area (Å²) in [6.45, 7) is 6.34. The number of hydrogen-bond donors (Lipinski definition) is 1. The van der Waals surface area contributed by atoms with Gasteiger partial charge >= 0.3 is 0 Å². The number of carbonyl (C=O) groups excluding carboxylic acids is 2. The van der Waals surface area contributed by atoms with E-state index in [9.17, 15) is 9.59 Å². The van der Waals surface area contributed by atoms with Crippen LogP contribution >= 0.6 is 0 Å². The number of anilines is 1. The van der Waals surface area contributed by atoms with Crippen LogP contribution in [0.5, 0.6) is 5.75 Å². The predicted molar refractivity (Wildman–Crippen MR) is 129 cm³/mol. The van der Waals surface area contributed by atoms with Crippen molar-refractivity contribution in [3.8, 4) is 5.75 Å². The third kappa shape index (κ3) is 4.14. The third-order valence-electron chi connectivity index (χ3n) is 7.03. The van der Waals surface area contributed by atoms with E-state index in [-0.39, 0.29) is 10.8 Å². The van der Waals surface area contributed by atoms with Gasteiger partial charge in [0.2, 0.25) is 11.9 Å². The van der Waals surface area contributed by atoms with Crippen molar-refractivity contribution in [2.75, 3.05) is 18.0 Å². The smallest absolute Gasteiger partial charge is 0.248 e. The Bertz CT molecular complexity index is 1220. The van der Waals surface area contributed by atoms with Crippen LogP contribution in [0.15, 0.2) is 60.8 Å². The van der Waals surface area contributed by atoms with E-state index in [1.54, 1.807) is 18.3 Å². The van der Waals surface area contributed by atoms with E-state index >= 15 is 0 Å². The molecule has 2 heterocycles. The molecule has 1 saturated carbocycles. The SMILES string of the molecule is CC(C)(c1ccc(OCc2ccnc(N3CC4(CC(=O)C4)C3)n2)cc1)c1ccc(C(N)=O)cc1. The second-order valence-corrected chi connectivity index (χ2v) is 9.98. The molecule has 1 saturated heterocycles. The van der Waals surface area contributed by atoms with E-state index in [4.69, 9.17) is 10.5 Å². The molecule has 2 aromatic carbocycles. The zero-order chi connectivity index (χ0) is 23.9. The number of nitrogens with zero attached hydrogens (tertiary/aromatic N) is 3. The van der Waals surface area contributed by atoms with Gasteiger partial charge in [0.1, 0.15) is 18.1 Å². The lowest BCUT2D eigenvalue weighted by Gasteiger charge is -2.54. The van der Waals surface area contributed by atoms with Gasteiger partial charge in [0.05, 0.1) is 5.69 Å². The minimum absolute atomic E-state index is 0.173. The highest BCUT2D eigenvalue weighted by atomic mass is 16.5. The first kappa shape index (κ1) is 22.1. The number of hydrogen-bond acceptors (Lipinski definition) is 6. The van der Waals surface area contributed by atoms with Gasteiger partial charge in [-0.1, -0.05) is 38.1 Å². The van der Waals surface area contributed by atoms with E-state index in [0.29, 0.717) is 36.7 Å². The Morgan fingerprint density at radius 1 is 1.03 bits per heavy atom. The molecular formula is C27H28N4O3. The molecule has 0 radical (unpaired) electrons. The zero-order valence-corrected chi connectivity index (χ0v) is 19.5. The van der Waals surface area contributed by atoms with Crippen LogP contribution in [-0.4, -0.2) is 34.7 Å². The molecule has 1 amide bonds. The summed E-state index contributed by atoms with van der Waals surface area (Å²) in [6, 6.07) is 17.3. The molecule has 0 atom stereocenters. The fourth-order valence-electron chi connectivity index (χ4n) is 4.87. The molecule has 7 nitrogen and oxygen atoms in total. The Morgan fingerprint density at radius 2 is 1.65 bits per heavy atom. The number of primary amides is 1. The summed E-state index contributed by atoms with van der Waals surface area (Å²) >= 11 is 0. The number of Topliss-reactive ketones (excluding diaryl/α,β-unsaturated/α-hetero) is 1. The number of ketones is 1. The van der Waals surface area contributed by atoms with Gasteiger partial charge in [-0.05, 0) is 41.5 Å². The van der Waals surface area contributed by atoms with E-state index < -0.39 is 5.91 Å². The summed E-state index contributed by atoms with van der Waals surface area (Å²) in [5.41, 5.74) is 8.84. The number of rotatable bonds is 7. The quantitative estimate of drug-likeness (QED) is 0.583. The highest BCUT2D eigenvalue weighted by molar-refractivity contribution is 5.92. The molecule has 2 fully saturated rings. The van der Waals surface area contributed by atoms with Gasteiger partial charge in [-0.25, -0.2) is 9.97 Å². The molecule has 3 aromatic rings. The summed E-state index contributed by atoms with van der Waals surface area (Å²) in [5, 5.41) is 0. The Kier molecular flexibility index (Phi) is 5.35. The molecule has 2 aliphatic rings. The van der Waals surface area contributed by atoms with Crippen molar-refractivity contribution < 1.29 is 14.3 Å². The predicted octanol–water partition coefficient (Wildman–Crippen LogP) is 3.65. The lowest BCUT2D eigenvalue weighted by molar-refractivity contribution is -0.134. The summed E-state index contributed by atoms with van der Waals surface area (Å²) in [6.07, 6.45) is 3.14. The minimum atomic E-state index is -0.426. The molecule has 174 valence electrons. The summed E-state index contributed by atoms with van der Waals surface area (Å²) in [4.78, 5) is 33.8. The van der Waals surface area contributed by atoms with Crippen LogP contribution in [0, 0.1) is 5.41 Å². The molecule has 0 unspecified atom stereocenters. The van der Waals surface area contributed by atoms with Crippen LogP contribution in [0.1, 0.15) is 53.9 Å². The average molecular weight is 457 g/mol.